The van der Waals surface area contributed by atoms with Gasteiger partial charge in [0.2, 0.25) is 15.9 Å². The van der Waals surface area contributed by atoms with Gasteiger partial charge in [-0.3, -0.25) is 14.5 Å². The molecule has 12 heteroatoms. The zero-order valence-corrected chi connectivity index (χ0v) is 25.6. The summed E-state index contributed by atoms with van der Waals surface area (Å²) in [6.45, 7) is 9.12. The predicted octanol–water partition coefficient (Wildman–Crippen LogP) is 2.20. The molecule has 2 aromatic carbocycles. The topological polar surface area (TPSA) is 129 Å². The zero-order valence-electron chi connectivity index (χ0n) is 24.8. The molecule has 1 saturated heterocycles. The highest BCUT2D eigenvalue weighted by Gasteiger charge is 2.35. The molecule has 4 rings (SSSR count). The lowest BCUT2D eigenvalue weighted by Crippen LogP contribution is -2.50. The molecule has 2 aromatic rings. The monoisotopic (exact) mass is 602 g/mol. The molecule has 1 fully saturated rings. The minimum atomic E-state index is -3.78. The maximum absolute atomic E-state index is 13.7. The minimum absolute atomic E-state index is 0.0480. The summed E-state index contributed by atoms with van der Waals surface area (Å²) in [4.78, 5) is 30.3. The van der Waals surface area contributed by atoms with Gasteiger partial charge in [0.15, 0.2) is 0 Å². The van der Waals surface area contributed by atoms with Crippen LogP contribution in [0.1, 0.15) is 36.2 Å². The largest absolute Gasteiger partial charge is 0.488 e. The Morgan fingerprint density at radius 3 is 2.52 bits per heavy atom. The van der Waals surface area contributed by atoms with Crippen molar-refractivity contribution in [2.75, 3.05) is 64.9 Å². The Kier molecular flexibility index (Phi) is 10.6. The molecule has 2 aliphatic heterocycles. The molecule has 0 spiro atoms. The lowest BCUT2D eigenvalue weighted by molar-refractivity contribution is -0.116. The first kappa shape index (κ1) is 31.9. The number of anilines is 1. The molecule has 3 atom stereocenters. The maximum Gasteiger partial charge on any atom is 0.258 e. The minimum Gasteiger partial charge on any atom is -0.488 e. The number of carbonyl (C=O) groups is 2. The summed E-state index contributed by atoms with van der Waals surface area (Å²) < 4.78 is 39.6. The normalized spacial score (nSPS) is 20.8. The van der Waals surface area contributed by atoms with Crippen LogP contribution in [0.25, 0.3) is 0 Å². The van der Waals surface area contributed by atoms with E-state index in [1.807, 2.05) is 13.8 Å². The Morgan fingerprint density at radius 2 is 1.86 bits per heavy atom. The van der Waals surface area contributed by atoms with Gasteiger partial charge in [0.05, 0.1) is 42.9 Å². The predicted molar refractivity (Wildman–Crippen MR) is 159 cm³/mol. The molecule has 0 aliphatic carbocycles. The summed E-state index contributed by atoms with van der Waals surface area (Å²) in [6, 6.07) is 11.1. The lowest BCUT2D eigenvalue weighted by atomic mass is 9.99. The number of morpholine rings is 1. The van der Waals surface area contributed by atoms with Crippen molar-refractivity contribution in [1.82, 2.24) is 14.1 Å². The molecule has 42 heavy (non-hydrogen) atoms. The third-order valence-corrected chi connectivity index (χ3v) is 9.71. The van der Waals surface area contributed by atoms with Crippen LogP contribution in [-0.2, 0) is 19.6 Å². The smallest absolute Gasteiger partial charge is 0.258 e. The number of hydrogen-bond donors (Lipinski definition) is 2. The second kappa shape index (κ2) is 14.0. The number of nitrogens with one attached hydrogen (secondary N) is 1. The number of hydrogen-bond acceptors (Lipinski definition) is 8. The van der Waals surface area contributed by atoms with Crippen molar-refractivity contribution >= 4 is 27.5 Å². The number of ether oxygens (including phenoxy) is 2. The van der Waals surface area contributed by atoms with Gasteiger partial charge in [0, 0.05) is 51.3 Å². The fraction of sp³-hybridized carbons (Fsp3) is 0.533. The van der Waals surface area contributed by atoms with E-state index in [4.69, 9.17) is 9.47 Å². The SMILES string of the molecule is Cc1ccc(S(=O)(=O)N(C)C[C@@H]2Oc3ccc(NC(=O)CCN4CCOCC4)cc3C(=O)N([C@H](C)CO)C[C@H]2C)cc1. The van der Waals surface area contributed by atoms with Crippen LogP contribution < -0.4 is 10.1 Å². The van der Waals surface area contributed by atoms with E-state index in [9.17, 15) is 23.1 Å². The molecule has 0 bridgehead atoms. The number of likely N-dealkylation sites (N-methyl/N-ethyl adjacent to an activating group) is 1. The average Bonchev–Trinajstić information content (AvgIpc) is 2.98. The maximum atomic E-state index is 13.7. The Hall–Kier alpha value is -3.03. The molecule has 11 nitrogen and oxygen atoms in total. The molecule has 2 N–H and O–H groups in total. The highest BCUT2D eigenvalue weighted by Crippen LogP contribution is 2.31. The second-order valence-electron chi connectivity index (χ2n) is 11.2. The van der Waals surface area contributed by atoms with E-state index in [-0.39, 0.29) is 47.9 Å². The molecule has 0 aromatic heterocycles. The van der Waals surface area contributed by atoms with Crippen LogP contribution in [0.2, 0.25) is 0 Å². The van der Waals surface area contributed by atoms with Gasteiger partial charge in [-0.2, -0.15) is 4.31 Å². The van der Waals surface area contributed by atoms with Crippen LogP contribution >= 0.6 is 0 Å². The van der Waals surface area contributed by atoms with E-state index in [0.29, 0.717) is 37.6 Å². The van der Waals surface area contributed by atoms with Crippen molar-refractivity contribution in [3.05, 3.63) is 53.6 Å². The summed E-state index contributed by atoms with van der Waals surface area (Å²) >= 11 is 0. The fourth-order valence-electron chi connectivity index (χ4n) is 5.07. The summed E-state index contributed by atoms with van der Waals surface area (Å²) in [7, 11) is -2.27. The van der Waals surface area contributed by atoms with Crippen LogP contribution in [-0.4, -0.2) is 111 Å². The van der Waals surface area contributed by atoms with Crippen molar-refractivity contribution in [3.63, 3.8) is 0 Å². The highest BCUT2D eigenvalue weighted by molar-refractivity contribution is 7.89. The van der Waals surface area contributed by atoms with E-state index in [1.165, 1.54) is 11.4 Å². The first-order chi connectivity index (χ1) is 20.0. The number of fused-ring (bicyclic) bond motifs is 1. The highest BCUT2D eigenvalue weighted by atomic mass is 32.2. The van der Waals surface area contributed by atoms with Gasteiger partial charge in [-0.1, -0.05) is 24.6 Å². The Morgan fingerprint density at radius 1 is 1.17 bits per heavy atom. The van der Waals surface area contributed by atoms with Crippen LogP contribution in [0.5, 0.6) is 5.75 Å². The first-order valence-corrected chi connectivity index (χ1v) is 15.8. The fourth-order valence-corrected chi connectivity index (χ4v) is 6.25. The summed E-state index contributed by atoms with van der Waals surface area (Å²) in [5.41, 5.74) is 1.65. The second-order valence-corrected chi connectivity index (χ2v) is 13.2. The molecule has 0 unspecified atom stereocenters. The molecule has 2 aliphatic rings. The Labute approximate surface area is 248 Å². The number of amides is 2. The van der Waals surface area contributed by atoms with Gasteiger partial charge < -0.3 is 24.8 Å². The van der Waals surface area contributed by atoms with E-state index in [1.54, 1.807) is 54.3 Å². The molecule has 0 radical (unpaired) electrons. The number of rotatable bonds is 10. The van der Waals surface area contributed by atoms with Crippen molar-refractivity contribution in [2.45, 2.75) is 44.2 Å². The third-order valence-electron chi connectivity index (χ3n) is 7.87. The quantitative estimate of drug-likeness (QED) is 0.424. The van der Waals surface area contributed by atoms with Gasteiger partial charge in [0.1, 0.15) is 11.9 Å². The standard InChI is InChI=1S/C30H42N4O7S/c1-21-5-8-25(9-6-21)42(38,39)32(4)19-28-22(2)18-34(23(3)20-35)30(37)26-17-24(7-10-27(26)41-28)31-29(36)11-12-33-13-15-40-16-14-33/h5-10,17,22-23,28,35H,11-16,18-20H2,1-4H3,(H,31,36)/t22-,23-,28+/m1/s1. The van der Waals surface area contributed by atoms with Gasteiger partial charge >= 0.3 is 0 Å². The van der Waals surface area contributed by atoms with Crippen molar-refractivity contribution in [3.8, 4) is 5.75 Å². The first-order valence-electron chi connectivity index (χ1n) is 14.3. The summed E-state index contributed by atoms with van der Waals surface area (Å²) in [5, 5.41) is 12.8. The number of carbonyl (C=O) groups excluding carboxylic acids is 2. The van der Waals surface area contributed by atoms with E-state index >= 15 is 0 Å². The van der Waals surface area contributed by atoms with E-state index in [0.717, 1.165) is 18.7 Å². The number of benzene rings is 2. The Bertz CT molecular complexity index is 1350. The molecule has 2 heterocycles. The number of aliphatic hydroxyl groups is 1. The number of nitrogens with zero attached hydrogens (tertiary/aromatic N) is 3. The van der Waals surface area contributed by atoms with E-state index < -0.39 is 22.2 Å². The third kappa shape index (κ3) is 7.67. The van der Waals surface area contributed by atoms with Crippen LogP contribution in [0, 0.1) is 12.8 Å². The van der Waals surface area contributed by atoms with Crippen LogP contribution in [0.15, 0.2) is 47.4 Å². The lowest BCUT2D eigenvalue weighted by Gasteiger charge is -2.38. The summed E-state index contributed by atoms with van der Waals surface area (Å²) in [5.74, 6) is -0.469. The van der Waals surface area contributed by atoms with Gasteiger partial charge in [-0.05, 0) is 44.2 Å². The van der Waals surface area contributed by atoms with Gasteiger partial charge in [-0.15, -0.1) is 0 Å². The van der Waals surface area contributed by atoms with Crippen molar-refractivity contribution < 1.29 is 32.6 Å². The zero-order chi connectivity index (χ0) is 30.4. The average molecular weight is 603 g/mol. The van der Waals surface area contributed by atoms with Gasteiger partial charge in [-0.25, -0.2) is 8.42 Å². The molecule has 2 amide bonds. The van der Waals surface area contributed by atoms with Crippen molar-refractivity contribution in [1.29, 1.82) is 0 Å². The molecular formula is C30H42N4O7S. The molecule has 230 valence electrons. The van der Waals surface area contributed by atoms with Crippen LogP contribution in [0.3, 0.4) is 0 Å². The number of aliphatic hydroxyl groups excluding tert-OH is 1. The Balaban J connectivity index is 1.55. The van der Waals surface area contributed by atoms with Crippen molar-refractivity contribution in [2.24, 2.45) is 5.92 Å². The summed E-state index contributed by atoms with van der Waals surface area (Å²) in [6.07, 6.45) is -0.291. The number of aryl methyl sites for hydroxylation is 1. The van der Waals surface area contributed by atoms with Gasteiger partial charge in [0.25, 0.3) is 5.91 Å². The van der Waals surface area contributed by atoms with E-state index in [2.05, 4.69) is 10.2 Å². The molecular weight excluding hydrogens is 560 g/mol. The molecule has 0 saturated carbocycles. The number of sulfonamides is 1. The van der Waals surface area contributed by atoms with Crippen LogP contribution in [0.4, 0.5) is 5.69 Å².